The quantitative estimate of drug-likeness (QED) is 0.744. The lowest BCUT2D eigenvalue weighted by Crippen LogP contribution is -2.07. The van der Waals surface area contributed by atoms with E-state index in [0.717, 1.165) is 11.1 Å². The highest BCUT2D eigenvalue weighted by Crippen LogP contribution is 2.22. The zero-order valence-electron chi connectivity index (χ0n) is 7.40. The summed E-state index contributed by atoms with van der Waals surface area (Å²) in [4.78, 5) is 14.9. The molecule has 0 radical (unpaired) electrons. The molecule has 0 fully saturated rings. The number of H-pyrrole nitrogens is 1. The van der Waals surface area contributed by atoms with Gasteiger partial charge in [0.2, 0.25) is 5.43 Å². The fourth-order valence-corrected chi connectivity index (χ4v) is 2.08. The van der Waals surface area contributed by atoms with Crippen molar-refractivity contribution in [2.24, 2.45) is 0 Å². The minimum absolute atomic E-state index is 0.00644. The average Bonchev–Trinajstić information content (AvgIpc) is 2.16. The maximum atomic E-state index is 11.8. The Morgan fingerprint density at radius 2 is 2.14 bits per heavy atom. The van der Waals surface area contributed by atoms with E-state index in [2.05, 4.69) is 4.98 Å². The van der Waals surface area contributed by atoms with Crippen LogP contribution in [0.3, 0.4) is 0 Å². The number of nitrogens with one attached hydrogen (secondary N) is 1. The Hall–Kier alpha value is -0.550. The topological polar surface area (TPSA) is 32.9 Å². The molecule has 0 bridgehead atoms. The van der Waals surface area contributed by atoms with E-state index in [1.165, 1.54) is 0 Å². The number of rotatable bonds is 0. The van der Waals surface area contributed by atoms with Crippen molar-refractivity contribution in [2.75, 3.05) is 0 Å². The van der Waals surface area contributed by atoms with Crippen molar-refractivity contribution in [2.45, 2.75) is 6.92 Å². The summed E-state index contributed by atoms with van der Waals surface area (Å²) < 4.78 is 0.655. The summed E-state index contributed by atoms with van der Waals surface area (Å²) in [5.41, 5.74) is 1.84. The van der Waals surface area contributed by atoms with E-state index in [1.54, 1.807) is 12.3 Å². The number of aryl methyl sites for hydroxylation is 1. The van der Waals surface area contributed by atoms with E-state index >= 15 is 0 Å². The van der Waals surface area contributed by atoms with Crippen LogP contribution in [-0.4, -0.2) is 4.98 Å². The van der Waals surface area contributed by atoms with Crippen LogP contribution in [0.5, 0.6) is 0 Å². The highest BCUT2D eigenvalue weighted by Gasteiger charge is 2.08. The molecule has 2 nitrogen and oxygen atoms in total. The third-order valence-corrected chi connectivity index (χ3v) is 3.27. The monoisotopic (exact) mass is 319 g/mol. The molecule has 0 aliphatic carbocycles. The summed E-state index contributed by atoms with van der Waals surface area (Å²) >= 11 is 7.98. The number of hydrogen-bond donors (Lipinski definition) is 1. The molecule has 1 aromatic carbocycles. The van der Waals surface area contributed by atoms with Gasteiger partial charge in [-0.2, -0.15) is 0 Å². The summed E-state index contributed by atoms with van der Waals surface area (Å²) in [5, 5.41) is 1.09. The SMILES string of the molecule is Cc1ccc(Cl)c2c(=O)c(I)c[nH]c12. The maximum Gasteiger partial charge on any atom is 0.204 e. The van der Waals surface area contributed by atoms with Crippen molar-refractivity contribution in [1.29, 1.82) is 0 Å². The molecule has 1 N–H and O–H groups in total. The molecule has 4 heteroatoms. The van der Waals surface area contributed by atoms with Crippen LogP contribution in [0.1, 0.15) is 5.56 Å². The third-order valence-electron chi connectivity index (χ3n) is 2.15. The summed E-state index contributed by atoms with van der Waals surface area (Å²) in [5.74, 6) is 0. The van der Waals surface area contributed by atoms with Crippen LogP contribution in [0.25, 0.3) is 10.9 Å². The molecule has 0 atom stereocenters. The largest absolute Gasteiger partial charge is 0.360 e. The van der Waals surface area contributed by atoms with E-state index in [9.17, 15) is 4.79 Å². The maximum absolute atomic E-state index is 11.8. The lowest BCUT2D eigenvalue weighted by atomic mass is 10.1. The van der Waals surface area contributed by atoms with Crippen molar-refractivity contribution in [3.8, 4) is 0 Å². The molecule has 0 saturated carbocycles. The van der Waals surface area contributed by atoms with Crippen molar-refractivity contribution < 1.29 is 0 Å². The second-order valence-corrected chi connectivity index (χ2v) is 4.65. The van der Waals surface area contributed by atoms with E-state index < -0.39 is 0 Å². The fraction of sp³-hybridized carbons (Fsp3) is 0.100. The Morgan fingerprint density at radius 1 is 1.43 bits per heavy atom. The predicted molar refractivity (Wildman–Crippen MR) is 67.0 cm³/mol. The fourth-order valence-electron chi connectivity index (χ4n) is 1.41. The van der Waals surface area contributed by atoms with Gasteiger partial charge in [-0.05, 0) is 41.1 Å². The number of aromatic nitrogens is 1. The molecule has 2 aromatic rings. The van der Waals surface area contributed by atoms with Crippen LogP contribution < -0.4 is 5.43 Å². The van der Waals surface area contributed by atoms with Crippen molar-refractivity contribution in [3.63, 3.8) is 0 Å². The molecule has 0 saturated heterocycles. The van der Waals surface area contributed by atoms with Gasteiger partial charge in [-0.15, -0.1) is 0 Å². The van der Waals surface area contributed by atoms with Crippen LogP contribution in [0, 0.1) is 10.5 Å². The number of aromatic amines is 1. The van der Waals surface area contributed by atoms with E-state index in [4.69, 9.17) is 11.6 Å². The van der Waals surface area contributed by atoms with Gasteiger partial charge in [-0.1, -0.05) is 17.7 Å². The molecule has 2 rings (SSSR count). The minimum atomic E-state index is -0.00644. The Bertz CT molecular complexity index is 562. The first-order chi connectivity index (χ1) is 6.61. The van der Waals surface area contributed by atoms with Gasteiger partial charge in [0.25, 0.3) is 0 Å². The van der Waals surface area contributed by atoms with Crippen LogP contribution in [0.4, 0.5) is 0 Å². The van der Waals surface area contributed by atoms with Crippen molar-refractivity contribution in [3.05, 3.63) is 42.7 Å². The molecule has 0 unspecified atom stereocenters. The van der Waals surface area contributed by atoms with Crippen molar-refractivity contribution >= 4 is 45.1 Å². The molecule has 0 amide bonds. The van der Waals surface area contributed by atoms with Gasteiger partial charge in [0, 0.05) is 6.20 Å². The molecule has 0 aliphatic rings. The smallest absolute Gasteiger partial charge is 0.204 e. The number of pyridine rings is 1. The van der Waals surface area contributed by atoms with Crippen LogP contribution in [0.15, 0.2) is 23.1 Å². The second kappa shape index (κ2) is 3.55. The summed E-state index contributed by atoms with van der Waals surface area (Å²) in [6.07, 6.45) is 1.70. The normalized spacial score (nSPS) is 10.8. The average molecular weight is 320 g/mol. The second-order valence-electron chi connectivity index (χ2n) is 3.08. The first-order valence-electron chi connectivity index (χ1n) is 4.07. The number of hydrogen-bond acceptors (Lipinski definition) is 1. The van der Waals surface area contributed by atoms with Gasteiger partial charge in [0.1, 0.15) is 0 Å². The van der Waals surface area contributed by atoms with E-state index in [0.29, 0.717) is 14.0 Å². The highest BCUT2D eigenvalue weighted by atomic mass is 127. The van der Waals surface area contributed by atoms with E-state index in [1.807, 2.05) is 35.6 Å². The molecular formula is C10H7ClINO. The minimum Gasteiger partial charge on any atom is -0.360 e. The van der Waals surface area contributed by atoms with Crippen LogP contribution >= 0.6 is 34.2 Å². The standard InChI is InChI=1S/C10H7ClINO/c1-5-2-3-6(11)8-9(5)13-4-7(12)10(8)14/h2-4H,1H3,(H,13,14). The van der Waals surface area contributed by atoms with Gasteiger partial charge in [-0.3, -0.25) is 4.79 Å². The molecule has 14 heavy (non-hydrogen) atoms. The zero-order chi connectivity index (χ0) is 10.3. The molecule has 72 valence electrons. The number of benzene rings is 1. The van der Waals surface area contributed by atoms with Gasteiger partial charge in [0.05, 0.1) is 19.5 Å². The Kier molecular flexibility index (Phi) is 2.53. The molecule has 1 heterocycles. The summed E-state index contributed by atoms with van der Waals surface area (Å²) in [7, 11) is 0. The molecular weight excluding hydrogens is 312 g/mol. The van der Waals surface area contributed by atoms with Crippen molar-refractivity contribution in [1.82, 2.24) is 4.98 Å². The molecule has 0 aliphatic heterocycles. The third kappa shape index (κ3) is 1.44. The molecule has 0 spiro atoms. The first kappa shape index (κ1) is 9.98. The van der Waals surface area contributed by atoms with Crippen LogP contribution in [0.2, 0.25) is 5.02 Å². The lowest BCUT2D eigenvalue weighted by molar-refractivity contribution is 1.33. The lowest BCUT2D eigenvalue weighted by Gasteiger charge is -2.03. The summed E-state index contributed by atoms with van der Waals surface area (Å²) in [6, 6.07) is 3.65. The van der Waals surface area contributed by atoms with Gasteiger partial charge in [0.15, 0.2) is 0 Å². The number of fused-ring (bicyclic) bond motifs is 1. The number of halogens is 2. The van der Waals surface area contributed by atoms with Gasteiger partial charge >= 0.3 is 0 Å². The van der Waals surface area contributed by atoms with E-state index in [-0.39, 0.29) is 5.43 Å². The Balaban J connectivity index is 3.09. The Morgan fingerprint density at radius 3 is 2.86 bits per heavy atom. The zero-order valence-corrected chi connectivity index (χ0v) is 10.3. The highest BCUT2D eigenvalue weighted by molar-refractivity contribution is 14.1. The van der Waals surface area contributed by atoms with Gasteiger partial charge in [-0.25, -0.2) is 0 Å². The summed E-state index contributed by atoms with van der Waals surface area (Å²) in [6.45, 7) is 1.95. The predicted octanol–water partition coefficient (Wildman–Crippen LogP) is 3.09. The first-order valence-corrected chi connectivity index (χ1v) is 5.53. The van der Waals surface area contributed by atoms with Gasteiger partial charge < -0.3 is 4.98 Å². The van der Waals surface area contributed by atoms with Crippen LogP contribution in [-0.2, 0) is 0 Å². The Labute approximate surface area is 99.4 Å². The molecule has 1 aromatic heterocycles.